The maximum atomic E-state index is 9.77. The van der Waals surface area contributed by atoms with Crippen LogP contribution in [0.3, 0.4) is 0 Å². The quantitative estimate of drug-likeness (QED) is 0.513. The molecule has 1 heterocycles. The van der Waals surface area contributed by atoms with Gasteiger partial charge in [-0.2, -0.15) is 0 Å². The summed E-state index contributed by atoms with van der Waals surface area (Å²) in [6.07, 6.45) is -2.02. The molecule has 0 aromatic heterocycles. The topological polar surface area (TPSA) is 127 Å². The molecule has 7 heteroatoms. The third-order valence-electron chi connectivity index (χ3n) is 3.04. The molecule has 2 atom stereocenters. The van der Waals surface area contributed by atoms with Gasteiger partial charge >= 0.3 is 11.9 Å². The molecule has 2 rings (SSSR count). The molecule has 1 aromatic carbocycles. The van der Waals surface area contributed by atoms with E-state index in [4.69, 9.17) is 20.4 Å². The summed E-state index contributed by atoms with van der Waals surface area (Å²) in [5.74, 6) is -3.54. The van der Waals surface area contributed by atoms with Crippen LogP contribution in [0.5, 0.6) is 0 Å². The number of aliphatic hydroxyl groups is 2. The minimum Gasteiger partial charge on any atom is -0.479 e. The number of hydrogen-bond acceptors (Lipinski definition) is 5. The molecule has 7 nitrogen and oxygen atoms in total. The van der Waals surface area contributed by atoms with Gasteiger partial charge in [0.25, 0.3) is 0 Å². The summed E-state index contributed by atoms with van der Waals surface area (Å²) >= 11 is 0. The highest BCUT2D eigenvalue weighted by Gasteiger charge is 2.29. The van der Waals surface area contributed by atoms with E-state index in [9.17, 15) is 9.59 Å². The Labute approximate surface area is 121 Å². The number of carboxylic acid groups (broad SMARTS) is 2. The summed E-state index contributed by atoms with van der Waals surface area (Å²) in [6, 6.07) is 8.70. The first kappa shape index (κ1) is 17.1. The molecule has 1 aliphatic rings. The van der Waals surface area contributed by atoms with Crippen LogP contribution in [0.15, 0.2) is 24.3 Å². The predicted octanol–water partition coefficient (Wildman–Crippen LogP) is -0.400. The van der Waals surface area contributed by atoms with Crippen LogP contribution in [-0.2, 0) is 22.6 Å². The van der Waals surface area contributed by atoms with E-state index in [1.807, 2.05) is 0 Å². The third kappa shape index (κ3) is 5.50. The Morgan fingerprint density at radius 3 is 2.05 bits per heavy atom. The standard InChI is InChI=1S/C10H13N.C4H6O6/c1-2-5-10-8-11-7-3-6-9(10)4-1;5-1(3(7)8)2(6)4(9)10/h1-2,4-5,11H,3,6-8H2;1-2,5-6H,(H,7,8)(H,9,10)/t;1-,2-/m.1/s1. The van der Waals surface area contributed by atoms with E-state index >= 15 is 0 Å². The summed E-state index contributed by atoms with van der Waals surface area (Å²) in [5.41, 5.74) is 3.00. The van der Waals surface area contributed by atoms with Crippen molar-refractivity contribution in [3.05, 3.63) is 35.4 Å². The van der Waals surface area contributed by atoms with Crippen molar-refractivity contribution in [3.8, 4) is 0 Å². The van der Waals surface area contributed by atoms with Crippen molar-refractivity contribution in [2.45, 2.75) is 31.6 Å². The lowest BCUT2D eigenvalue weighted by Crippen LogP contribution is -2.39. The lowest BCUT2D eigenvalue weighted by Gasteiger charge is -2.07. The van der Waals surface area contributed by atoms with Crippen molar-refractivity contribution in [2.75, 3.05) is 6.54 Å². The summed E-state index contributed by atoms with van der Waals surface area (Å²) < 4.78 is 0. The van der Waals surface area contributed by atoms with Crippen LogP contribution in [-0.4, -0.2) is 51.1 Å². The lowest BCUT2D eigenvalue weighted by molar-refractivity contribution is -0.165. The van der Waals surface area contributed by atoms with E-state index in [1.165, 1.54) is 24.0 Å². The second-order valence-electron chi connectivity index (χ2n) is 4.62. The summed E-state index contributed by atoms with van der Waals surface area (Å²) in [7, 11) is 0. The minimum absolute atomic E-state index is 1.05. The Balaban J connectivity index is 0.000000212. The van der Waals surface area contributed by atoms with Crippen LogP contribution in [0.2, 0.25) is 0 Å². The maximum absolute atomic E-state index is 9.77. The number of aliphatic carboxylic acids is 2. The highest BCUT2D eigenvalue weighted by Crippen LogP contribution is 2.12. The number of rotatable bonds is 3. The molecule has 0 radical (unpaired) electrons. The Bertz CT molecular complexity index is 447. The number of aliphatic hydroxyl groups excluding tert-OH is 2. The molecule has 0 saturated heterocycles. The van der Waals surface area contributed by atoms with Gasteiger partial charge in [0.05, 0.1) is 0 Å². The number of carbonyl (C=O) groups is 2. The zero-order valence-electron chi connectivity index (χ0n) is 11.4. The normalized spacial score (nSPS) is 16.5. The van der Waals surface area contributed by atoms with Gasteiger partial charge in [0.2, 0.25) is 0 Å². The molecule has 0 fully saturated rings. The van der Waals surface area contributed by atoms with Gasteiger partial charge in [0.15, 0.2) is 12.2 Å². The number of fused-ring (bicyclic) bond motifs is 1. The smallest absolute Gasteiger partial charge is 0.335 e. The van der Waals surface area contributed by atoms with Crippen LogP contribution in [0.25, 0.3) is 0 Å². The third-order valence-corrected chi connectivity index (χ3v) is 3.04. The number of hydrogen-bond donors (Lipinski definition) is 5. The first-order valence-corrected chi connectivity index (χ1v) is 6.52. The van der Waals surface area contributed by atoms with Crippen molar-refractivity contribution in [2.24, 2.45) is 0 Å². The van der Waals surface area contributed by atoms with Gasteiger partial charge in [0.1, 0.15) is 0 Å². The summed E-state index contributed by atoms with van der Waals surface area (Å²) in [4.78, 5) is 19.5. The van der Waals surface area contributed by atoms with E-state index in [0.29, 0.717) is 0 Å². The Morgan fingerprint density at radius 2 is 1.52 bits per heavy atom. The van der Waals surface area contributed by atoms with Gasteiger partial charge in [-0.25, -0.2) is 9.59 Å². The summed E-state index contributed by atoms with van der Waals surface area (Å²) in [5, 5.41) is 35.9. The van der Waals surface area contributed by atoms with Gasteiger partial charge in [-0.15, -0.1) is 0 Å². The second-order valence-corrected chi connectivity index (χ2v) is 4.62. The van der Waals surface area contributed by atoms with Gasteiger partial charge in [-0.1, -0.05) is 24.3 Å². The molecule has 21 heavy (non-hydrogen) atoms. The molecule has 1 aliphatic heterocycles. The molecule has 116 valence electrons. The van der Waals surface area contributed by atoms with Crippen LogP contribution in [0, 0.1) is 0 Å². The van der Waals surface area contributed by atoms with Gasteiger partial charge in [-0.3, -0.25) is 0 Å². The molecule has 0 saturated carbocycles. The van der Waals surface area contributed by atoms with Crippen molar-refractivity contribution >= 4 is 11.9 Å². The second kappa shape index (κ2) is 8.35. The molecular formula is C14H19NO6. The van der Waals surface area contributed by atoms with E-state index < -0.39 is 24.1 Å². The number of aryl methyl sites for hydroxylation is 1. The highest BCUT2D eigenvalue weighted by atomic mass is 16.4. The predicted molar refractivity (Wildman–Crippen MR) is 73.8 cm³/mol. The number of nitrogens with one attached hydrogen (secondary N) is 1. The zero-order chi connectivity index (χ0) is 15.8. The minimum atomic E-state index is -2.27. The fraction of sp³-hybridized carbons (Fsp3) is 0.429. The van der Waals surface area contributed by atoms with E-state index in [-0.39, 0.29) is 0 Å². The molecule has 5 N–H and O–H groups in total. The van der Waals surface area contributed by atoms with Crippen molar-refractivity contribution < 1.29 is 30.0 Å². The molecule has 0 spiro atoms. The van der Waals surface area contributed by atoms with Crippen LogP contribution >= 0.6 is 0 Å². The van der Waals surface area contributed by atoms with Crippen molar-refractivity contribution in [1.82, 2.24) is 5.32 Å². The number of benzene rings is 1. The maximum Gasteiger partial charge on any atom is 0.335 e. The first-order chi connectivity index (χ1) is 9.93. The number of carboxylic acids is 2. The average molecular weight is 297 g/mol. The van der Waals surface area contributed by atoms with Crippen molar-refractivity contribution in [3.63, 3.8) is 0 Å². The average Bonchev–Trinajstić information content (AvgIpc) is 2.71. The van der Waals surface area contributed by atoms with Crippen LogP contribution < -0.4 is 5.32 Å². The van der Waals surface area contributed by atoms with Gasteiger partial charge in [-0.05, 0) is 30.5 Å². The first-order valence-electron chi connectivity index (χ1n) is 6.52. The fourth-order valence-electron chi connectivity index (χ4n) is 1.87. The Morgan fingerprint density at radius 1 is 1.00 bits per heavy atom. The SMILES string of the molecule is O=C(O)[C@H](O)[C@@H](O)C(=O)O.c1ccc2c(c1)CCCNC2. The van der Waals surface area contributed by atoms with Gasteiger partial charge < -0.3 is 25.7 Å². The zero-order valence-corrected chi connectivity index (χ0v) is 11.4. The molecular weight excluding hydrogens is 278 g/mol. The van der Waals surface area contributed by atoms with Gasteiger partial charge in [0, 0.05) is 6.54 Å². The monoisotopic (exact) mass is 297 g/mol. The fourth-order valence-corrected chi connectivity index (χ4v) is 1.87. The highest BCUT2D eigenvalue weighted by molar-refractivity contribution is 5.83. The van der Waals surface area contributed by atoms with Crippen LogP contribution in [0.4, 0.5) is 0 Å². The molecule has 0 amide bonds. The Kier molecular flexibility index (Phi) is 6.80. The van der Waals surface area contributed by atoms with Crippen molar-refractivity contribution in [1.29, 1.82) is 0 Å². The lowest BCUT2D eigenvalue weighted by atomic mass is 10.0. The molecule has 1 aromatic rings. The Hall–Kier alpha value is -1.96. The van der Waals surface area contributed by atoms with E-state index in [1.54, 1.807) is 0 Å². The largest absolute Gasteiger partial charge is 0.479 e. The molecule has 0 aliphatic carbocycles. The molecule has 0 bridgehead atoms. The van der Waals surface area contributed by atoms with E-state index in [2.05, 4.69) is 29.6 Å². The van der Waals surface area contributed by atoms with Crippen LogP contribution in [0.1, 0.15) is 17.5 Å². The van der Waals surface area contributed by atoms with E-state index in [0.717, 1.165) is 13.1 Å². The molecule has 0 unspecified atom stereocenters. The summed E-state index contributed by atoms with van der Waals surface area (Å²) in [6.45, 7) is 2.21.